The molecule has 1 aromatic heterocycles. The van der Waals surface area contributed by atoms with Crippen LogP contribution in [-0.4, -0.2) is 16.1 Å². The van der Waals surface area contributed by atoms with Crippen LogP contribution in [0, 0.1) is 13.8 Å². The lowest BCUT2D eigenvalue weighted by molar-refractivity contribution is -0.115. The third-order valence-corrected chi connectivity index (χ3v) is 3.63. The van der Waals surface area contributed by atoms with Crippen molar-refractivity contribution in [2.45, 2.75) is 20.3 Å². The highest BCUT2D eigenvalue weighted by Gasteiger charge is 2.11. The lowest BCUT2D eigenvalue weighted by Gasteiger charge is -2.04. The first-order valence-electron chi connectivity index (χ1n) is 7.37. The SMILES string of the molecule is Cc1ccc(CC(=O)Nc2nnc(-c3ccccc3)o2)cc1C. The van der Waals surface area contributed by atoms with Gasteiger partial charge in [-0.05, 0) is 42.7 Å². The first-order chi connectivity index (χ1) is 11.1. The van der Waals surface area contributed by atoms with E-state index < -0.39 is 0 Å². The Hall–Kier alpha value is -2.95. The summed E-state index contributed by atoms with van der Waals surface area (Å²) in [6.07, 6.45) is 0.268. The molecule has 1 heterocycles. The highest BCUT2D eigenvalue weighted by molar-refractivity contribution is 5.90. The maximum absolute atomic E-state index is 12.1. The fraction of sp³-hybridized carbons (Fsp3) is 0.167. The van der Waals surface area contributed by atoms with E-state index in [9.17, 15) is 4.79 Å². The highest BCUT2D eigenvalue weighted by atomic mass is 16.4. The molecule has 0 bridgehead atoms. The highest BCUT2D eigenvalue weighted by Crippen LogP contribution is 2.19. The molecule has 0 saturated heterocycles. The van der Waals surface area contributed by atoms with Gasteiger partial charge in [0.1, 0.15) is 0 Å². The predicted octanol–water partition coefficient (Wildman–Crippen LogP) is 3.53. The zero-order valence-electron chi connectivity index (χ0n) is 13.0. The van der Waals surface area contributed by atoms with E-state index in [1.165, 1.54) is 11.1 Å². The molecule has 0 unspecified atom stereocenters. The summed E-state index contributed by atoms with van der Waals surface area (Å²) in [5.74, 6) is 0.198. The molecule has 2 aromatic carbocycles. The van der Waals surface area contributed by atoms with Gasteiger partial charge in [0, 0.05) is 5.56 Å². The molecule has 0 aliphatic carbocycles. The van der Waals surface area contributed by atoms with Crippen LogP contribution in [0.5, 0.6) is 0 Å². The minimum atomic E-state index is -0.184. The summed E-state index contributed by atoms with van der Waals surface area (Å²) in [5.41, 5.74) is 4.14. The van der Waals surface area contributed by atoms with Crippen LogP contribution in [0.15, 0.2) is 52.9 Å². The van der Waals surface area contributed by atoms with Crippen molar-refractivity contribution in [2.75, 3.05) is 5.32 Å². The van der Waals surface area contributed by atoms with Gasteiger partial charge in [0.2, 0.25) is 11.8 Å². The van der Waals surface area contributed by atoms with Crippen molar-refractivity contribution in [1.82, 2.24) is 10.2 Å². The van der Waals surface area contributed by atoms with E-state index in [0.717, 1.165) is 11.1 Å². The van der Waals surface area contributed by atoms with Crippen molar-refractivity contribution in [2.24, 2.45) is 0 Å². The normalized spacial score (nSPS) is 10.5. The number of nitrogens with zero attached hydrogens (tertiary/aromatic N) is 2. The third kappa shape index (κ3) is 3.63. The molecule has 0 aliphatic heterocycles. The third-order valence-electron chi connectivity index (χ3n) is 3.63. The summed E-state index contributed by atoms with van der Waals surface area (Å²) in [4.78, 5) is 12.1. The van der Waals surface area contributed by atoms with Crippen molar-refractivity contribution in [1.29, 1.82) is 0 Å². The van der Waals surface area contributed by atoms with Crippen molar-refractivity contribution in [3.8, 4) is 11.5 Å². The van der Waals surface area contributed by atoms with Gasteiger partial charge in [-0.2, -0.15) is 0 Å². The number of aryl methyl sites for hydroxylation is 2. The molecule has 5 nitrogen and oxygen atoms in total. The van der Waals surface area contributed by atoms with Crippen molar-refractivity contribution in [3.63, 3.8) is 0 Å². The molecule has 0 aliphatic rings. The minimum absolute atomic E-state index is 0.109. The summed E-state index contributed by atoms with van der Waals surface area (Å²) in [5, 5.41) is 10.4. The number of nitrogens with one attached hydrogen (secondary N) is 1. The predicted molar refractivity (Wildman–Crippen MR) is 88.0 cm³/mol. The van der Waals surface area contributed by atoms with Gasteiger partial charge in [-0.25, -0.2) is 0 Å². The second-order valence-corrected chi connectivity index (χ2v) is 5.42. The molecule has 0 fully saturated rings. The topological polar surface area (TPSA) is 68.0 Å². The first-order valence-corrected chi connectivity index (χ1v) is 7.37. The Bertz CT molecular complexity index is 825. The molecule has 0 spiro atoms. The van der Waals surface area contributed by atoms with Gasteiger partial charge in [-0.1, -0.05) is 41.5 Å². The Labute approximate surface area is 134 Å². The second-order valence-electron chi connectivity index (χ2n) is 5.42. The summed E-state index contributed by atoms with van der Waals surface area (Å²) in [6.45, 7) is 4.07. The van der Waals surface area contributed by atoms with Crippen LogP contribution in [0.1, 0.15) is 16.7 Å². The zero-order chi connectivity index (χ0) is 16.2. The van der Waals surface area contributed by atoms with Crippen LogP contribution in [0.4, 0.5) is 6.01 Å². The van der Waals surface area contributed by atoms with E-state index >= 15 is 0 Å². The summed E-state index contributed by atoms with van der Waals surface area (Å²) in [6, 6.07) is 15.5. The van der Waals surface area contributed by atoms with Gasteiger partial charge in [0.25, 0.3) is 0 Å². The van der Waals surface area contributed by atoms with Crippen molar-refractivity contribution in [3.05, 3.63) is 65.2 Å². The molecule has 116 valence electrons. The molecule has 1 amide bonds. The van der Waals surface area contributed by atoms with Gasteiger partial charge in [0.05, 0.1) is 6.42 Å². The number of carbonyl (C=O) groups is 1. The van der Waals surface area contributed by atoms with Crippen LogP contribution in [0.3, 0.4) is 0 Å². The molecule has 5 heteroatoms. The summed E-state index contributed by atoms with van der Waals surface area (Å²) < 4.78 is 5.47. The molecule has 3 rings (SSSR count). The zero-order valence-corrected chi connectivity index (χ0v) is 13.0. The van der Waals surface area contributed by atoms with Crippen LogP contribution < -0.4 is 5.32 Å². The number of amides is 1. The lowest BCUT2D eigenvalue weighted by Crippen LogP contribution is -2.14. The van der Waals surface area contributed by atoms with E-state index in [1.54, 1.807) is 0 Å². The van der Waals surface area contributed by atoms with Gasteiger partial charge in [-0.3, -0.25) is 10.1 Å². The van der Waals surface area contributed by atoms with Gasteiger partial charge >= 0.3 is 6.01 Å². The summed E-state index contributed by atoms with van der Waals surface area (Å²) >= 11 is 0. The molecule has 0 saturated carbocycles. The van der Waals surface area contributed by atoms with Gasteiger partial charge in [-0.15, -0.1) is 5.10 Å². The number of carbonyl (C=O) groups excluding carboxylic acids is 1. The van der Waals surface area contributed by atoms with Crippen LogP contribution in [0.25, 0.3) is 11.5 Å². The van der Waals surface area contributed by atoms with Crippen molar-refractivity contribution < 1.29 is 9.21 Å². The maximum Gasteiger partial charge on any atom is 0.322 e. The molecule has 23 heavy (non-hydrogen) atoms. The second kappa shape index (κ2) is 6.44. The fourth-order valence-electron chi connectivity index (χ4n) is 2.23. The molecular formula is C18H17N3O2. The van der Waals surface area contributed by atoms with Crippen LogP contribution >= 0.6 is 0 Å². The first kappa shape index (κ1) is 15.0. The number of hydrogen-bond acceptors (Lipinski definition) is 4. The molecule has 0 atom stereocenters. The van der Waals surface area contributed by atoms with Crippen LogP contribution in [0.2, 0.25) is 0 Å². The largest absolute Gasteiger partial charge is 0.403 e. The Kier molecular flexibility index (Phi) is 4.19. The lowest BCUT2D eigenvalue weighted by atomic mass is 10.0. The van der Waals surface area contributed by atoms with E-state index in [0.29, 0.717) is 5.89 Å². The minimum Gasteiger partial charge on any atom is -0.403 e. The van der Waals surface area contributed by atoms with E-state index in [-0.39, 0.29) is 18.3 Å². The average Bonchev–Trinajstić information content (AvgIpc) is 3.00. The van der Waals surface area contributed by atoms with Crippen molar-refractivity contribution >= 4 is 11.9 Å². The Balaban J connectivity index is 1.66. The van der Waals surface area contributed by atoms with E-state index in [1.807, 2.05) is 62.4 Å². The number of hydrogen-bond donors (Lipinski definition) is 1. The summed E-state index contributed by atoms with van der Waals surface area (Å²) in [7, 11) is 0. The molecule has 1 N–H and O–H groups in total. The fourth-order valence-corrected chi connectivity index (χ4v) is 2.23. The number of anilines is 1. The number of rotatable bonds is 4. The molecule has 0 radical (unpaired) electrons. The number of benzene rings is 2. The van der Waals surface area contributed by atoms with Gasteiger partial charge < -0.3 is 4.42 Å². The Morgan fingerprint density at radius 1 is 1.04 bits per heavy atom. The number of aromatic nitrogens is 2. The standard InChI is InChI=1S/C18H17N3O2/c1-12-8-9-14(10-13(12)2)11-16(22)19-18-21-20-17(23-18)15-6-4-3-5-7-15/h3-10H,11H2,1-2H3,(H,19,21,22). The molecular weight excluding hydrogens is 290 g/mol. The monoisotopic (exact) mass is 307 g/mol. The quantitative estimate of drug-likeness (QED) is 0.800. The molecule has 3 aromatic rings. The van der Waals surface area contributed by atoms with Crippen LogP contribution in [-0.2, 0) is 11.2 Å². The average molecular weight is 307 g/mol. The van der Waals surface area contributed by atoms with E-state index in [4.69, 9.17) is 4.42 Å². The van der Waals surface area contributed by atoms with E-state index in [2.05, 4.69) is 15.5 Å². The van der Waals surface area contributed by atoms with Gasteiger partial charge in [0.15, 0.2) is 0 Å². The Morgan fingerprint density at radius 3 is 2.57 bits per heavy atom. The Morgan fingerprint density at radius 2 is 1.83 bits per heavy atom. The maximum atomic E-state index is 12.1. The smallest absolute Gasteiger partial charge is 0.322 e.